The van der Waals surface area contributed by atoms with Crippen LogP contribution < -0.4 is 5.73 Å². The predicted octanol–water partition coefficient (Wildman–Crippen LogP) is 3.26. The number of likely N-dealkylation sites (tertiary alicyclic amines) is 1. The molecule has 1 aliphatic heterocycles. The third kappa shape index (κ3) is 2.90. The predicted molar refractivity (Wildman–Crippen MR) is 75.3 cm³/mol. The molecule has 0 bridgehead atoms. The van der Waals surface area contributed by atoms with Gasteiger partial charge in [0, 0.05) is 17.5 Å². The Morgan fingerprint density at radius 3 is 2.76 bits per heavy atom. The highest BCUT2D eigenvalue weighted by Crippen LogP contribution is 2.37. The van der Waals surface area contributed by atoms with Crippen molar-refractivity contribution in [3.8, 4) is 0 Å². The van der Waals surface area contributed by atoms with Crippen LogP contribution in [0.3, 0.4) is 0 Å². The van der Waals surface area contributed by atoms with Crippen molar-refractivity contribution in [2.24, 2.45) is 11.1 Å². The van der Waals surface area contributed by atoms with E-state index in [0.717, 1.165) is 6.42 Å². The molecule has 96 valence electrons. The molecule has 2 atom stereocenters. The Morgan fingerprint density at radius 2 is 2.29 bits per heavy atom. The molecular weight excluding hydrogens is 228 g/mol. The van der Waals surface area contributed by atoms with Gasteiger partial charge in [-0.2, -0.15) is 0 Å². The van der Waals surface area contributed by atoms with Crippen molar-refractivity contribution in [2.75, 3.05) is 13.1 Å². The maximum atomic E-state index is 6.34. The van der Waals surface area contributed by atoms with Crippen molar-refractivity contribution in [3.63, 3.8) is 0 Å². The number of nitrogens with two attached hydrogens (primary N) is 1. The molecule has 0 saturated carbocycles. The lowest BCUT2D eigenvalue weighted by atomic mass is 9.93. The fourth-order valence-electron chi connectivity index (χ4n) is 2.74. The van der Waals surface area contributed by atoms with Crippen molar-refractivity contribution in [2.45, 2.75) is 45.7 Å². The third-order valence-corrected chi connectivity index (χ3v) is 4.75. The Hall–Kier alpha value is -0.380. The van der Waals surface area contributed by atoms with Gasteiger partial charge in [0.1, 0.15) is 0 Å². The summed E-state index contributed by atoms with van der Waals surface area (Å²) in [5.74, 6) is 0. The molecule has 17 heavy (non-hydrogen) atoms. The van der Waals surface area contributed by atoms with Crippen molar-refractivity contribution in [1.82, 2.24) is 4.90 Å². The first kappa shape index (κ1) is 13.1. The molecule has 0 aromatic carbocycles. The van der Waals surface area contributed by atoms with Crippen LogP contribution in [0.1, 0.15) is 44.5 Å². The zero-order chi connectivity index (χ0) is 12.5. The highest BCUT2D eigenvalue weighted by Gasteiger charge is 2.36. The highest BCUT2D eigenvalue weighted by atomic mass is 32.1. The first-order valence-electron chi connectivity index (χ1n) is 6.56. The summed E-state index contributed by atoms with van der Waals surface area (Å²) < 4.78 is 0. The smallest absolute Gasteiger partial charge is 0.0593 e. The van der Waals surface area contributed by atoms with Crippen LogP contribution in [0.15, 0.2) is 17.5 Å². The van der Waals surface area contributed by atoms with Crippen LogP contribution in [0.2, 0.25) is 0 Å². The summed E-state index contributed by atoms with van der Waals surface area (Å²) in [6, 6.07) is 5.04. The van der Waals surface area contributed by atoms with E-state index in [4.69, 9.17) is 5.73 Å². The molecule has 2 heterocycles. The Morgan fingerprint density at radius 1 is 1.53 bits per heavy atom. The van der Waals surface area contributed by atoms with Crippen LogP contribution in [-0.2, 0) is 0 Å². The molecule has 2 unspecified atom stereocenters. The fourth-order valence-corrected chi connectivity index (χ4v) is 3.67. The molecule has 2 N–H and O–H groups in total. The lowest BCUT2D eigenvalue weighted by Crippen LogP contribution is -2.40. The number of nitrogens with zero attached hydrogens (tertiary/aromatic N) is 1. The van der Waals surface area contributed by atoms with E-state index in [9.17, 15) is 0 Å². The second-order valence-electron chi connectivity index (χ2n) is 5.92. The summed E-state index contributed by atoms with van der Waals surface area (Å²) in [7, 11) is 0. The van der Waals surface area contributed by atoms with E-state index < -0.39 is 0 Å². The highest BCUT2D eigenvalue weighted by molar-refractivity contribution is 7.10. The van der Waals surface area contributed by atoms with Crippen LogP contribution >= 0.6 is 11.3 Å². The lowest BCUT2D eigenvalue weighted by molar-refractivity contribution is 0.192. The van der Waals surface area contributed by atoms with Crippen molar-refractivity contribution >= 4 is 11.3 Å². The van der Waals surface area contributed by atoms with Gasteiger partial charge < -0.3 is 5.73 Å². The zero-order valence-electron chi connectivity index (χ0n) is 11.1. The minimum absolute atomic E-state index is 0.252. The molecular formula is C14H24N2S. The van der Waals surface area contributed by atoms with Crippen LogP contribution in [0.4, 0.5) is 0 Å². The molecule has 1 fully saturated rings. The topological polar surface area (TPSA) is 29.3 Å². The monoisotopic (exact) mass is 252 g/mol. The first-order valence-corrected chi connectivity index (χ1v) is 7.44. The second-order valence-corrected chi connectivity index (χ2v) is 6.90. The van der Waals surface area contributed by atoms with Gasteiger partial charge in [-0.15, -0.1) is 11.3 Å². The van der Waals surface area contributed by atoms with Gasteiger partial charge in [-0.1, -0.05) is 26.8 Å². The Balaban J connectivity index is 2.17. The van der Waals surface area contributed by atoms with E-state index in [0.29, 0.717) is 11.5 Å². The molecule has 2 rings (SSSR count). The van der Waals surface area contributed by atoms with Crippen molar-refractivity contribution in [1.29, 1.82) is 0 Å². The van der Waals surface area contributed by atoms with Gasteiger partial charge >= 0.3 is 0 Å². The minimum atomic E-state index is 0.252. The normalized spacial score (nSPS) is 23.8. The molecule has 3 heteroatoms. The summed E-state index contributed by atoms with van der Waals surface area (Å²) in [6.45, 7) is 9.25. The summed E-state index contributed by atoms with van der Waals surface area (Å²) in [6.07, 6.45) is 2.32. The summed E-state index contributed by atoms with van der Waals surface area (Å²) in [5, 5.41) is 2.16. The minimum Gasteiger partial charge on any atom is -0.326 e. The SMILES string of the molecule is CCC(N)C(c1cccs1)N1CCC(C)(C)C1. The van der Waals surface area contributed by atoms with Crippen LogP contribution in [-0.4, -0.2) is 24.0 Å². The number of hydrogen-bond donors (Lipinski definition) is 1. The average molecular weight is 252 g/mol. The largest absolute Gasteiger partial charge is 0.326 e. The van der Waals surface area contributed by atoms with Gasteiger partial charge in [0.15, 0.2) is 0 Å². The number of hydrogen-bond acceptors (Lipinski definition) is 3. The van der Waals surface area contributed by atoms with Gasteiger partial charge in [0.05, 0.1) is 6.04 Å². The van der Waals surface area contributed by atoms with Gasteiger partial charge in [-0.25, -0.2) is 0 Å². The van der Waals surface area contributed by atoms with Crippen molar-refractivity contribution in [3.05, 3.63) is 22.4 Å². The second kappa shape index (κ2) is 5.09. The molecule has 1 aromatic rings. The first-order chi connectivity index (χ1) is 8.03. The van der Waals surface area contributed by atoms with Gasteiger partial charge in [-0.3, -0.25) is 4.90 Å². The molecule has 1 aromatic heterocycles. The number of thiophene rings is 1. The average Bonchev–Trinajstić information content (AvgIpc) is 2.89. The quantitative estimate of drug-likeness (QED) is 0.891. The molecule has 0 radical (unpaired) electrons. The van der Waals surface area contributed by atoms with Crippen LogP contribution in [0.25, 0.3) is 0 Å². The Kier molecular flexibility index (Phi) is 3.91. The van der Waals surface area contributed by atoms with Crippen molar-refractivity contribution < 1.29 is 0 Å². The fraction of sp³-hybridized carbons (Fsp3) is 0.714. The molecule has 1 saturated heterocycles. The van der Waals surface area contributed by atoms with E-state index >= 15 is 0 Å². The summed E-state index contributed by atoms with van der Waals surface area (Å²) in [4.78, 5) is 4.01. The van der Waals surface area contributed by atoms with Crippen LogP contribution in [0, 0.1) is 5.41 Å². The molecule has 0 aliphatic carbocycles. The Bertz CT molecular complexity index is 345. The van der Waals surface area contributed by atoms with E-state index in [2.05, 4.69) is 43.2 Å². The molecule has 1 aliphatic rings. The summed E-state index contributed by atoms with van der Waals surface area (Å²) >= 11 is 1.84. The Labute approximate surface area is 109 Å². The standard InChI is InChI=1S/C14H24N2S/c1-4-11(15)13(12-6-5-9-17-12)16-8-7-14(2,3)10-16/h5-6,9,11,13H,4,7-8,10,15H2,1-3H3. The van der Waals surface area contributed by atoms with E-state index in [1.165, 1.54) is 24.4 Å². The maximum absolute atomic E-state index is 6.34. The molecule has 0 amide bonds. The van der Waals surface area contributed by atoms with Crippen LogP contribution in [0.5, 0.6) is 0 Å². The zero-order valence-corrected chi connectivity index (χ0v) is 12.0. The van der Waals surface area contributed by atoms with Gasteiger partial charge in [0.25, 0.3) is 0 Å². The van der Waals surface area contributed by atoms with Gasteiger partial charge in [-0.05, 0) is 36.2 Å². The van der Waals surface area contributed by atoms with Gasteiger partial charge in [0.2, 0.25) is 0 Å². The summed E-state index contributed by atoms with van der Waals surface area (Å²) in [5.41, 5.74) is 6.79. The maximum Gasteiger partial charge on any atom is 0.0593 e. The number of rotatable bonds is 4. The third-order valence-electron chi connectivity index (χ3n) is 3.81. The lowest BCUT2D eigenvalue weighted by Gasteiger charge is -2.32. The molecule has 2 nitrogen and oxygen atoms in total. The van der Waals surface area contributed by atoms with E-state index in [1.807, 2.05) is 11.3 Å². The van der Waals surface area contributed by atoms with E-state index in [1.54, 1.807) is 0 Å². The molecule has 0 spiro atoms. The van der Waals surface area contributed by atoms with E-state index in [-0.39, 0.29) is 6.04 Å².